The molecule has 18 heteroatoms. The van der Waals surface area contributed by atoms with E-state index in [4.69, 9.17) is 4.74 Å². The minimum absolute atomic E-state index is 0.0719. The molecular formula is C54H71F3N4O10S. The highest BCUT2D eigenvalue weighted by Gasteiger charge is 2.49. The molecule has 4 aromatic carbocycles. The lowest BCUT2D eigenvalue weighted by Crippen LogP contribution is -2.50. The lowest BCUT2D eigenvalue weighted by Gasteiger charge is -2.37. The highest BCUT2D eigenvalue weighted by molar-refractivity contribution is 7.88. The third-order valence-corrected chi connectivity index (χ3v) is 13.1. The standard InChI is InChI=1S/C19H28N2O3.C14H20N2O.C11H11F3O4S.C10H12O2/c1-13-11-16(15(3)22)17(12-14(13)2)20-7-9-21(10-8-20)18(23)24-19(4,5)6;1-10-8-13(12(3)17)14(9-11(10)2)16-6-4-15-5-7-16;1-6-4-9(8(3)15)10(5-7(6)2)18-19(16,17)11(12,13)14;1-6-4-9(8(3)11)10(12)5-7(6)2/h11-12H,7-10H2,1-6H3;8-9,15H,4-7H2,1-3H3;4-5H,1-3H3;4-5,12H,1-3H3. The number of amides is 1. The Balaban J connectivity index is 0.000000260. The molecule has 2 saturated heterocycles. The molecule has 4 aromatic rings. The van der Waals surface area contributed by atoms with E-state index in [0.29, 0.717) is 42.9 Å². The van der Waals surface area contributed by atoms with Gasteiger partial charge >= 0.3 is 21.7 Å². The van der Waals surface area contributed by atoms with Crippen LogP contribution in [0.4, 0.5) is 29.3 Å². The van der Waals surface area contributed by atoms with Crippen molar-refractivity contribution in [2.24, 2.45) is 0 Å². The van der Waals surface area contributed by atoms with E-state index >= 15 is 0 Å². The smallest absolute Gasteiger partial charge is 0.507 e. The molecule has 2 fully saturated rings. The second-order valence-corrected chi connectivity index (χ2v) is 20.7. The summed E-state index contributed by atoms with van der Waals surface area (Å²) in [5, 5.41) is 12.7. The van der Waals surface area contributed by atoms with Crippen LogP contribution in [-0.2, 0) is 14.9 Å². The number of carbonyl (C=O) groups is 5. The van der Waals surface area contributed by atoms with Crippen molar-refractivity contribution in [3.8, 4) is 11.5 Å². The molecule has 1 amide bonds. The fourth-order valence-electron chi connectivity index (χ4n) is 7.43. The Kier molecular flexibility index (Phi) is 20.8. The molecule has 394 valence electrons. The SMILES string of the molecule is CC(=O)c1cc(C)c(C)cc1N1CCN(C(=O)OC(C)(C)C)CC1.CC(=O)c1cc(C)c(C)cc1N1CCNCC1.CC(=O)c1cc(C)c(C)cc1O.CC(=O)c1cc(C)c(C)cc1OS(=O)(=O)C(F)(F)F. The van der Waals surface area contributed by atoms with Crippen LogP contribution >= 0.6 is 0 Å². The van der Waals surface area contributed by atoms with Gasteiger partial charge in [0.1, 0.15) is 11.4 Å². The van der Waals surface area contributed by atoms with Crippen LogP contribution in [0.1, 0.15) is 134 Å². The Morgan fingerprint density at radius 3 is 1.26 bits per heavy atom. The highest BCUT2D eigenvalue weighted by atomic mass is 32.2. The van der Waals surface area contributed by atoms with Gasteiger partial charge in [-0.1, -0.05) is 0 Å². The number of nitrogens with one attached hydrogen (secondary N) is 1. The number of phenolic OH excluding ortho intramolecular Hbond substituents is 1. The molecule has 2 heterocycles. The second-order valence-electron chi connectivity index (χ2n) is 19.2. The molecular weight excluding hydrogens is 954 g/mol. The van der Waals surface area contributed by atoms with Gasteiger partial charge in [-0.05, 0) is 197 Å². The first kappa shape index (κ1) is 60.0. The molecule has 0 saturated carbocycles. The van der Waals surface area contributed by atoms with Crippen molar-refractivity contribution in [1.29, 1.82) is 0 Å². The molecule has 2 aliphatic rings. The molecule has 0 bridgehead atoms. The number of aromatic hydroxyl groups is 1. The molecule has 2 N–H and O–H groups in total. The zero-order chi connectivity index (χ0) is 54.8. The molecule has 0 spiro atoms. The number of anilines is 2. The summed E-state index contributed by atoms with van der Waals surface area (Å²) < 4.78 is 68.0. The molecule has 72 heavy (non-hydrogen) atoms. The van der Waals surface area contributed by atoms with Crippen LogP contribution in [0.3, 0.4) is 0 Å². The summed E-state index contributed by atoms with van der Waals surface area (Å²) in [6, 6.07) is 13.9. The predicted octanol–water partition coefficient (Wildman–Crippen LogP) is 10.4. The number of nitrogens with zero attached hydrogens (tertiary/aromatic N) is 3. The summed E-state index contributed by atoms with van der Waals surface area (Å²) in [6.07, 6.45) is -0.269. The van der Waals surface area contributed by atoms with Gasteiger partial charge in [0.05, 0.1) is 11.1 Å². The van der Waals surface area contributed by atoms with Crippen molar-refractivity contribution >= 4 is 50.7 Å². The van der Waals surface area contributed by atoms with Crippen molar-refractivity contribution in [2.75, 3.05) is 62.2 Å². The first-order valence-electron chi connectivity index (χ1n) is 23.5. The Morgan fingerprint density at radius 1 is 0.528 bits per heavy atom. The quantitative estimate of drug-likeness (QED) is 0.0968. The van der Waals surface area contributed by atoms with Gasteiger partial charge in [0, 0.05) is 74.9 Å². The van der Waals surface area contributed by atoms with E-state index < -0.39 is 32.8 Å². The number of carbonyl (C=O) groups excluding carboxylic acids is 5. The fraction of sp³-hybridized carbons (Fsp3) is 0.463. The summed E-state index contributed by atoms with van der Waals surface area (Å²) in [5.41, 5.74) is 5.75. The highest BCUT2D eigenvalue weighted by Crippen LogP contribution is 2.32. The van der Waals surface area contributed by atoms with E-state index in [2.05, 4.69) is 52.2 Å². The molecule has 0 unspecified atom stereocenters. The summed E-state index contributed by atoms with van der Waals surface area (Å²) >= 11 is 0. The van der Waals surface area contributed by atoms with Gasteiger partial charge in [0.15, 0.2) is 28.9 Å². The number of ether oxygens (including phenoxy) is 1. The molecule has 6 rings (SSSR count). The van der Waals surface area contributed by atoms with Crippen molar-refractivity contribution in [3.63, 3.8) is 0 Å². The number of hydrogen-bond acceptors (Lipinski definition) is 13. The van der Waals surface area contributed by atoms with Gasteiger partial charge in [-0.25, -0.2) is 4.79 Å². The topological polar surface area (TPSA) is 180 Å². The largest absolute Gasteiger partial charge is 0.534 e. The van der Waals surface area contributed by atoms with E-state index in [1.807, 2.05) is 53.7 Å². The average Bonchev–Trinajstić information content (AvgIpc) is 3.27. The Hall–Kier alpha value is -6.27. The van der Waals surface area contributed by atoms with Crippen LogP contribution in [0.2, 0.25) is 0 Å². The lowest BCUT2D eigenvalue weighted by molar-refractivity contribution is -0.0500. The van der Waals surface area contributed by atoms with E-state index in [0.717, 1.165) is 78.4 Å². The van der Waals surface area contributed by atoms with Crippen molar-refractivity contribution in [3.05, 3.63) is 115 Å². The maximum atomic E-state index is 12.2. The van der Waals surface area contributed by atoms with Gasteiger partial charge in [-0.2, -0.15) is 21.6 Å². The number of halogens is 3. The van der Waals surface area contributed by atoms with Gasteiger partial charge in [-0.3, -0.25) is 19.2 Å². The van der Waals surface area contributed by atoms with Crippen LogP contribution in [0.5, 0.6) is 11.5 Å². The average molecular weight is 1030 g/mol. The maximum absolute atomic E-state index is 12.2. The third-order valence-electron chi connectivity index (χ3n) is 12.2. The van der Waals surface area contributed by atoms with Crippen LogP contribution < -0.4 is 19.3 Å². The number of rotatable bonds is 8. The minimum Gasteiger partial charge on any atom is -0.507 e. The summed E-state index contributed by atoms with van der Waals surface area (Å²) in [5.74, 6) is -1.01. The summed E-state index contributed by atoms with van der Waals surface area (Å²) in [6.45, 7) is 33.2. The second kappa shape index (κ2) is 24.9. The van der Waals surface area contributed by atoms with Crippen LogP contribution in [0.25, 0.3) is 0 Å². The summed E-state index contributed by atoms with van der Waals surface area (Å²) in [7, 11) is -5.79. The first-order chi connectivity index (χ1) is 33.1. The zero-order valence-corrected chi connectivity index (χ0v) is 45.1. The normalized spacial score (nSPS) is 13.8. The molecule has 0 aliphatic carbocycles. The van der Waals surface area contributed by atoms with Crippen molar-refractivity contribution in [1.82, 2.24) is 10.2 Å². The Labute approximate surface area is 423 Å². The number of ketones is 4. The number of alkyl halides is 3. The van der Waals surface area contributed by atoms with Gasteiger partial charge < -0.3 is 34.0 Å². The first-order valence-corrected chi connectivity index (χ1v) is 24.9. The van der Waals surface area contributed by atoms with Gasteiger partial charge in [-0.15, -0.1) is 0 Å². The van der Waals surface area contributed by atoms with Crippen molar-refractivity contribution in [2.45, 2.75) is 115 Å². The monoisotopic (exact) mass is 1020 g/mol. The zero-order valence-electron chi connectivity index (χ0n) is 44.3. The molecule has 0 atom stereocenters. The predicted molar refractivity (Wildman–Crippen MR) is 276 cm³/mol. The van der Waals surface area contributed by atoms with Gasteiger partial charge in [0.25, 0.3) is 0 Å². The van der Waals surface area contributed by atoms with Crippen LogP contribution in [0.15, 0.2) is 48.5 Å². The number of aryl methyl sites for hydroxylation is 8. The number of piperazine rings is 2. The minimum atomic E-state index is -5.79. The Morgan fingerprint density at radius 2 is 0.875 bits per heavy atom. The van der Waals surface area contributed by atoms with E-state index in [9.17, 15) is 50.7 Å². The van der Waals surface area contributed by atoms with E-state index in [-0.39, 0.29) is 34.8 Å². The lowest BCUT2D eigenvalue weighted by atomic mass is 10.0. The van der Waals surface area contributed by atoms with Crippen molar-refractivity contribution < 1.29 is 59.6 Å². The van der Waals surface area contributed by atoms with Gasteiger partial charge in [0.2, 0.25) is 0 Å². The fourth-order valence-corrected chi connectivity index (χ4v) is 7.90. The molecule has 2 aliphatic heterocycles. The van der Waals surface area contributed by atoms with Crippen LogP contribution in [0, 0.1) is 55.4 Å². The van der Waals surface area contributed by atoms with Crippen LogP contribution in [-0.4, -0.2) is 111 Å². The molecule has 0 aromatic heterocycles. The third kappa shape index (κ3) is 16.6. The number of Topliss-reactive ketones (excluding diaryl/α,β-unsaturated/α-hetero) is 4. The molecule has 14 nitrogen and oxygen atoms in total. The number of hydrogen-bond donors (Lipinski definition) is 2. The summed E-state index contributed by atoms with van der Waals surface area (Å²) in [4.78, 5) is 64.4. The molecule has 0 radical (unpaired) electrons. The maximum Gasteiger partial charge on any atom is 0.534 e. The van der Waals surface area contributed by atoms with E-state index in [1.165, 1.54) is 29.7 Å². The van der Waals surface area contributed by atoms with E-state index in [1.54, 1.807) is 44.7 Å². The number of benzene rings is 4. The Bertz CT molecular complexity index is 2770. The number of phenols is 1.